The van der Waals surface area contributed by atoms with Gasteiger partial charge in [-0.2, -0.15) is 5.26 Å². The van der Waals surface area contributed by atoms with Crippen molar-refractivity contribution in [1.29, 1.82) is 5.26 Å². The van der Waals surface area contributed by atoms with Gasteiger partial charge < -0.3 is 9.84 Å². The predicted octanol–water partition coefficient (Wildman–Crippen LogP) is 5.75. The lowest BCUT2D eigenvalue weighted by atomic mass is 9.97. The highest BCUT2D eigenvalue weighted by Gasteiger charge is 2.30. The van der Waals surface area contributed by atoms with Gasteiger partial charge in [-0.05, 0) is 74.5 Å². The second-order valence-electron chi connectivity index (χ2n) is 8.78. The van der Waals surface area contributed by atoms with Crippen molar-refractivity contribution in [3.05, 3.63) is 59.3 Å². The minimum Gasteiger partial charge on any atom is -0.490 e. The number of carbonyl (C=O) groups is 1. The van der Waals surface area contributed by atoms with Crippen LogP contribution in [0.3, 0.4) is 0 Å². The van der Waals surface area contributed by atoms with Crippen molar-refractivity contribution in [2.75, 3.05) is 6.54 Å². The normalized spacial score (nSPS) is 16.0. The summed E-state index contributed by atoms with van der Waals surface area (Å²) in [4.78, 5) is 19.4. The summed E-state index contributed by atoms with van der Waals surface area (Å²) in [5.74, 6) is -0.152. The molecule has 1 N–H and O–H groups in total. The van der Waals surface area contributed by atoms with Crippen LogP contribution >= 0.6 is 11.3 Å². The number of benzene rings is 2. The van der Waals surface area contributed by atoms with E-state index in [1.54, 1.807) is 11.3 Å². The number of ether oxygens (including phenoxy) is 1. The molecule has 1 saturated heterocycles. The number of carboxylic acid groups (broad SMARTS) is 1. The van der Waals surface area contributed by atoms with Crippen LogP contribution in [0.1, 0.15) is 50.3 Å². The maximum absolute atomic E-state index is 11.6. The average molecular weight is 476 g/mol. The summed E-state index contributed by atoms with van der Waals surface area (Å²) in [6.45, 7) is 7.46. The molecule has 7 heteroatoms. The predicted molar refractivity (Wildman–Crippen MR) is 134 cm³/mol. The van der Waals surface area contributed by atoms with E-state index >= 15 is 0 Å². The Labute approximate surface area is 204 Å². The Morgan fingerprint density at radius 3 is 2.88 bits per heavy atom. The Bertz CT molecular complexity index is 1230. The lowest BCUT2D eigenvalue weighted by Crippen LogP contribution is -2.35. The van der Waals surface area contributed by atoms with Gasteiger partial charge in [0.1, 0.15) is 22.9 Å². The molecule has 0 radical (unpaired) electrons. The molecule has 0 bridgehead atoms. The monoisotopic (exact) mass is 475 g/mol. The number of nitriles is 1. The molecular formula is C27H29N3O3S. The van der Waals surface area contributed by atoms with E-state index in [9.17, 15) is 15.2 Å². The molecule has 1 atom stereocenters. The number of likely N-dealkylation sites (tertiary alicyclic amines) is 1. The van der Waals surface area contributed by atoms with Gasteiger partial charge in [-0.25, -0.2) is 4.98 Å². The van der Waals surface area contributed by atoms with Crippen LogP contribution in [0, 0.1) is 11.3 Å². The molecule has 6 nitrogen and oxygen atoms in total. The minimum absolute atomic E-state index is 0.00417. The number of rotatable bonds is 8. The first kappa shape index (κ1) is 23.9. The second-order valence-corrected chi connectivity index (χ2v) is 9.81. The van der Waals surface area contributed by atoms with Crippen LogP contribution in [0.25, 0.3) is 21.0 Å². The van der Waals surface area contributed by atoms with E-state index < -0.39 is 12.0 Å². The van der Waals surface area contributed by atoms with Gasteiger partial charge in [0.15, 0.2) is 0 Å². The van der Waals surface area contributed by atoms with Gasteiger partial charge in [-0.1, -0.05) is 25.1 Å². The fourth-order valence-electron chi connectivity index (χ4n) is 4.58. The lowest BCUT2D eigenvalue weighted by Gasteiger charge is -2.23. The van der Waals surface area contributed by atoms with Crippen molar-refractivity contribution >= 4 is 17.3 Å². The summed E-state index contributed by atoms with van der Waals surface area (Å²) in [5, 5.41) is 20.0. The van der Waals surface area contributed by atoms with Crippen molar-refractivity contribution in [1.82, 2.24) is 9.88 Å². The topological polar surface area (TPSA) is 86.5 Å². The standard InChI is InChI=1S/C27H29N3O3S/c1-4-21-19(16-30-12-6-9-23(30)27(31)32)7-5-8-22(21)25-15-29-26(34-25)18-10-11-24(33-17(2)3)20(13-18)14-28/h5,7-8,10-11,13,15,17,23H,4,6,9,12,16H2,1-3H3,(H,31,32). The van der Waals surface area contributed by atoms with Crippen molar-refractivity contribution in [3.63, 3.8) is 0 Å². The Morgan fingerprint density at radius 2 is 2.18 bits per heavy atom. The Kier molecular flexibility index (Phi) is 7.30. The third kappa shape index (κ3) is 4.98. The quantitative estimate of drug-likeness (QED) is 0.447. The van der Waals surface area contributed by atoms with Crippen molar-refractivity contribution in [2.45, 2.75) is 58.7 Å². The fourth-order valence-corrected chi connectivity index (χ4v) is 5.55. The van der Waals surface area contributed by atoms with E-state index in [1.165, 1.54) is 11.1 Å². The van der Waals surface area contributed by atoms with Gasteiger partial charge in [0.05, 0.1) is 16.5 Å². The molecule has 1 unspecified atom stereocenters. The summed E-state index contributed by atoms with van der Waals surface area (Å²) in [6, 6.07) is 13.7. The number of aromatic nitrogens is 1. The summed E-state index contributed by atoms with van der Waals surface area (Å²) in [5.41, 5.74) is 4.92. The molecule has 1 aliphatic rings. The van der Waals surface area contributed by atoms with Crippen LogP contribution in [0.2, 0.25) is 0 Å². The molecule has 1 aromatic heterocycles. The van der Waals surface area contributed by atoms with Gasteiger partial charge in [0.25, 0.3) is 0 Å². The third-order valence-corrected chi connectivity index (χ3v) is 7.21. The van der Waals surface area contributed by atoms with Crippen molar-refractivity contribution in [3.8, 4) is 32.8 Å². The highest BCUT2D eigenvalue weighted by Crippen LogP contribution is 2.37. The van der Waals surface area contributed by atoms with Crippen LogP contribution in [0.5, 0.6) is 5.75 Å². The average Bonchev–Trinajstić information content (AvgIpc) is 3.49. The number of hydrogen-bond acceptors (Lipinski definition) is 6. The fraction of sp³-hybridized carbons (Fsp3) is 0.370. The number of thiazole rings is 1. The Morgan fingerprint density at radius 1 is 1.35 bits per heavy atom. The Balaban J connectivity index is 1.63. The first-order valence-corrected chi connectivity index (χ1v) is 12.5. The zero-order valence-electron chi connectivity index (χ0n) is 19.7. The third-order valence-electron chi connectivity index (χ3n) is 6.13. The van der Waals surface area contributed by atoms with E-state index in [1.807, 2.05) is 44.3 Å². The minimum atomic E-state index is -0.736. The van der Waals surface area contributed by atoms with Gasteiger partial charge in [0.2, 0.25) is 0 Å². The summed E-state index contributed by atoms with van der Waals surface area (Å²) in [7, 11) is 0. The van der Waals surface area contributed by atoms with Gasteiger partial charge in [-0.3, -0.25) is 9.69 Å². The molecule has 0 spiro atoms. The van der Waals surface area contributed by atoms with Crippen LogP contribution in [0.15, 0.2) is 42.6 Å². The number of nitrogens with zero attached hydrogens (tertiary/aromatic N) is 3. The zero-order valence-corrected chi connectivity index (χ0v) is 20.6. The summed E-state index contributed by atoms with van der Waals surface area (Å²) in [6.07, 6.45) is 4.36. The maximum atomic E-state index is 11.6. The molecular weight excluding hydrogens is 446 g/mol. The molecule has 2 heterocycles. The number of carboxylic acids is 1. The first-order chi connectivity index (χ1) is 16.4. The highest BCUT2D eigenvalue weighted by molar-refractivity contribution is 7.18. The second kappa shape index (κ2) is 10.4. The number of hydrogen-bond donors (Lipinski definition) is 1. The summed E-state index contributed by atoms with van der Waals surface area (Å²) < 4.78 is 5.74. The smallest absolute Gasteiger partial charge is 0.320 e. The number of aliphatic carboxylic acids is 1. The molecule has 0 aliphatic carbocycles. The molecule has 4 rings (SSSR count). The van der Waals surface area contributed by atoms with Crippen LogP contribution in [-0.4, -0.2) is 39.7 Å². The van der Waals surface area contributed by atoms with Crippen molar-refractivity contribution < 1.29 is 14.6 Å². The van der Waals surface area contributed by atoms with E-state index in [2.05, 4.69) is 35.0 Å². The lowest BCUT2D eigenvalue weighted by molar-refractivity contribution is -0.142. The largest absolute Gasteiger partial charge is 0.490 e. The van der Waals surface area contributed by atoms with Crippen LogP contribution < -0.4 is 4.74 Å². The van der Waals surface area contributed by atoms with Gasteiger partial charge >= 0.3 is 5.97 Å². The zero-order chi connectivity index (χ0) is 24.2. The van der Waals surface area contributed by atoms with E-state index in [-0.39, 0.29) is 6.10 Å². The molecule has 2 aromatic carbocycles. The Hall–Kier alpha value is -3.21. The first-order valence-electron chi connectivity index (χ1n) is 11.7. The molecule has 1 fully saturated rings. The van der Waals surface area contributed by atoms with Crippen LogP contribution in [-0.2, 0) is 17.8 Å². The molecule has 176 valence electrons. The molecule has 0 amide bonds. The molecule has 3 aromatic rings. The van der Waals surface area contributed by atoms with E-state index in [4.69, 9.17) is 4.74 Å². The molecule has 34 heavy (non-hydrogen) atoms. The SMILES string of the molecule is CCc1c(CN2CCCC2C(=O)O)cccc1-c1cnc(-c2ccc(OC(C)C)c(C#N)c2)s1. The molecule has 1 aliphatic heterocycles. The van der Waals surface area contributed by atoms with Crippen LogP contribution in [0.4, 0.5) is 0 Å². The van der Waals surface area contributed by atoms with Gasteiger partial charge in [-0.15, -0.1) is 11.3 Å². The maximum Gasteiger partial charge on any atom is 0.320 e. The van der Waals surface area contributed by atoms with E-state index in [0.29, 0.717) is 24.3 Å². The molecule has 0 saturated carbocycles. The van der Waals surface area contributed by atoms with E-state index in [0.717, 1.165) is 40.4 Å². The van der Waals surface area contributed by atoms with Gasteiger partial charge in [0, 0.05) is 18.3 Å². The highest BCUT2D eigenvalue weighted by atomic mass is 32.1. The van der Waals surface area contributed by atoms with Crippen molar-refractivity contribution in [2.24, 2.45) is 0 Å². The summed E-state index contributed by atoms with van der Waals surface area (Å²) >= 11 is 1.60.